The van der Waals surface area contributed by atoms with E-state index in [1.807, 2.05) is 12.2 Å². The van der Waals surface area contributed by atoms with E-state index in [0.29, 0.717) is 3.95 Å². The quantitative estimate of drug-likeness (QED) is 0.586. The molecule has 2 unspecified atom stereocenters. The van der Waals surface area contributed by atoms with Gasteiger partial charge in [0, 0.05) is 5.92 Å². The van der Waals surface area contributed by atoms with Crippen LogP contribution in [0.3, 0.4) is 0 Å². The molecule has 0 saturated heterocycles. The second-order valence-electron chi connectivity index (χ2n) is 7.68. The van der Waals surface area contributed by atoms with Crippen LogP contribution in [0.5, 0.6) is 0 Å². The van der Waals surface area contributed by atoms with E-state index in [4.69, 9.17) is 12.2 Å². The van der Waals surface area contributed by atoms with Crippen LogP contribution in [-0.2, 0) is 0 Å². The monoisotopic (exact) mass is 324 g/mol. The lowest BCUT2D eigenvalue weighted by atomic mass is 9.62. The minimum atomic E-state index is -0.945. The predicted octanol–water partition coefficient (Wildman–Crippen LogP) is 4.60. The van der Waals surface area contributed by atoms with Crippen LogP contribution in [0.25, 0.3) is 0 Å². The third-order valence-corrected chi connectivity index (χ3v) is 5.18. The molecule has 2 atom stereocenters. The Morgan fingerprint density at radius 2 is 1.90 bits per heavy atom. The lowest BCUT2D eigenvalue weighted by molar-refractivity contribution is 0.00324. The maximum atomic E-state index is 11.3. The topological polar surface area (TPSA) is 48.9 Å². The molecular formula is C16H24N2OS2. The highest BCUT2D eigenvalue weighted by molar-refractivity contribution is 7.73. The van der Waals surface area contributed by atoms with Crippen LogP contribution in [0.15, 0.2) is 23.8 Å². The minimum Gasteiger partial charge on any atom is -0.381 e. The smallest absolute Gasteiger partial charge is 0.176 e. The number of H-pyrrole nitrogens is 1. The molecule has 0 fully saturated rings. The molecule has 0 radical (unpaired) electrons. The molecule has 0 saturated carbocycles. The van der Waals surface area contributed by atoms with Gasteiger partial charge in [0.15, 0.2) is 3.95 Å². The summed E-state index contributed by atoms with van der Waals surface area (Å²) in [6.45, 7) is 12.6. The van der Waals surface area contributed by atoms with Crippen molar-refractivity contribution < 1.29 is 5.11 Å². The Bertz CT molecular complexity index is 640. The minimum absolute atomic E-state index is 0.0693. The van der Waals surface area contributed by atoms with Crippen molar-refractivity contribution in [3.05, 3.63) is 32.8 Å². The van der Waals surface area contributed by atoms with Gasteiger partial charge in [-0.2, -0.15) is 5.10 Å². The Morgan fingerprint density at radius 1 is 1.29 bits per heavy atom. The Labute approximate surface area is 135 Å². The van der Waals surface area contributed by atoms with Gasteiger partial charge in [-0.1, -0.05) is 71.1 Å². The summed E-state index contributed by atoms with van der Waals surface area (Å²) in [5.41, 5.74) is -0.301. The van der Waals surface area contributed by atoms with Gasteiger partial charge in [0.25, 0.3) is 0 Å². The summed E-state index contributed by atoms with van der Waals surface area (Å²) in [5, 5.41) is 19.3. The number of hydrogen-bond acceptors (Lipinski definition) is 4. The van der Waals surface area contributed by atoms with E-state index in [2.05, 4.69) is 57.8 Å². The number of allylic oxidation sites excluding steroid dienone is 2. The lowest BCUT2D eigenvalue weighted by Gasteiger charge is -2.47. The Morgan fingerprint density at radius 3 is 2.33 bits per heavy atom. The lowest BCUT2D eigenvalue weighted by Crippen LogP contribution is -2.47. The molecule has 0 aliphatic heterocycles. The van der Waals surface area contributed by atoms with Gasteiger partial charge in [0.2, 0.25) is 0 Å². The van der Waals surface area contributed by atoms with E-state index >= 15 is 0 Å². The van der Waals surface area contributed by atoms with E-state index in [0.717, 1.165) is 10.6 Å². The van der Waals surface area contributed by atoms with Gasteiger partial charge in [-0.3, -0.25) is 5.10 Å². The molecule has 3 nitrogen and oxygen atoms in total. The highest BCUT2D eigenvalue weighted by Crippen LogP contribution is 2.48. The molecule has 5 heteroatoms. The van der Waals surface area contributed by atoms with Crippen molar-refractivity contribution in [3.63, 3.8) is 0 Å². The van der Waals surface area contributed by atoms with Crippen LogP contribution in [-0.4, -0.2) is 20.9 Å². The van der Waals surface area contributed by atoms with E-state index in [1.54, 1.807) is 0 Å². The van der Waals surface area contributed by atoms with Crippen LogP contribution < -0.4 is 0 Å². The van der Waals surface area contributed by atoms with Crippen LogP contribution in [0.1, 0.15) is 52.5 Å². The van der Waals surface area contributed by atoms with Crippen LogP contribution in [0, 0.1) is 14.8 Å². The average molecular weight is 325 g/mol. The molecule has 0 amide bonds. The van der Waals surface area contributed by atoms with Crippen molar-refractivity contribution in [2.75, 3.05) is 0 Å². The van der Waals surface area contributed by atoms with Crippen molar-refractivity contribution in [1.82, 2.24) is 10.2 Å². The van der Waals surface area contributed by atoms with Gasteiger partial charge in [-0.15, -0.1) is 0 Å². The van der Waals surface area contributed by atoms with Crippen molar-refractivity contribution in [1.29, 1.82) is 0 Å². The maximum absolute atomic E-state index is 11.3. The largest absolute Gasteiger partial charge is 0.381 e. The SMILES string of the molecule is CC(C)(C)C1=CC(c2n[nH]c(=S)s2)C=CC1(O)C(C)(C)C. The molecule has 1 heterocycles. The molecule has 1 aliphatic rings. The zero-order valence-electron chi connectivity index (χ0n) is 13.5. The van der Waals surface area contributed by atoms with Crippen molar-refractivity contribution in [2.24, 2.45) is 10.8 Å². The fourth-order valence-electron chi connectivity index (χ4n) is 2.71. The van der Waals surface area contributed by atoms with Crippen LogP contribution >= 0.6 is 23.6 Å². The summed E-state index contributed by atoms with van der Waals surface area (Å²) in [6, 6.07) is 0. The first-order chi connectivity index (χ1) is 9.45. The number of hydrogen-bond donors (Lipinski definition) is 2. The Balaban J connectivity index is 2.53. The summed E-state index contributed by atoms with van der Waals surface area (Å²) >= 11 is 6.60. The molecule has 2 N–H and O–H groups in total. The summed E-state index contributed by atoms with van der Waals surface area (Å²) < 4.78 is 0.681. The molecule has 0 bridgehead atoms. The van der Waals surface area contributed by atoms with E-state index in [-0.39, 0.29) is 16.7 Å². The molecule has 1 aliphatic carbocycles. The van der Waals surface area contributed by atoms with Gasteiger partial charge in [-0.25, -0.2) is 0 Å². The molecule has 1 aromatic heterocycles. The second kappa shape index (κ2) is 5.14. The number of aromatic nitrogens is 2. The van der Waals surface area contributed by atoms with Gasteiger partial charge >= 0.3 is 0 Å². The van der Waals surface area contributed by atoms with E-state index < -0.39 is 5.60 Å². The fourth-order valence-corrected chi connectivity index (χ4v) is 3.67. The van der Waals surface area contributed by atoms with E-state index in [9.17, 15) is 5.11 Å². The van der Waals surface area contributed by atoms with Crippen LogP contribution in [0.2, 0.25) is 0 Å². The number of aromatic amines is 1. The third-order valence-electron chi connectivity index (χ3n) is 3.99. The van der Waals surface area contributed by atoms with Crippen molar-refractivity contribution >= 4 is 23.6 Å². The first kappa shape index (κ1) is 16.6. The molecule has 116 valence electrons. The third kappa shape index (κ3) is 3.05. The van der Waals surface area contributed by atoms with Crippen LogP contribution in [0.4, 0.5) is 0 Å². The normalized spacial score (nSPS) is 26.8. The average Bonchev–Trinajstić information content (AvgIpc) is 2.73. The fraction of sp³-hybridized carbons (Fsp3) is 0.625. The first-order valence-electron chi connectivity index (χ1n) is 7.15. The summed E-state index contributed by atoms with van der Waals surface area (Å²) in [4.78, 5) is 0. The standard InChI is InChI=1S/C16H24N2OS2/c1-14(2,3)11-9-10(12-17-18-13(20)21-12)7-8-16(11,19)15(4,5)6/h7-10,19H,1-6H3,(H,18,20). The number of rotatable bonds is 1. The van der Waals surface area contributed by atoms with Gasteiger partial charge in [0.1, 0.15) is 10.6 Å². The maximum Gasteiger partial charge on any atom is 0.176 e. The molecule has 0 aromatic carbocycles. The van der Waals surface area contributed by atoms with Crippen molar-refractivity contribution in [2.45, 2.75) is 53.1 Å². The zero-order chi connectivity index (χ0) is 16.1. The predicted molar refractivity (Wildman–Crippen MR) is 91.1 cm³/mol. The summed E-state index contributed by atoms with van der Waals surface area (Å²) in [6.07, 6.45) is 6.11. The van der Waals surface area contributed by atoms with E-state index in [1.165, 1.54) is 11.3 Å². The van der Waals surface area contributed by atoms with Gasteiger partial charge in [-0.05, 0) is 28.6 Å². The molecule has 2 rings (SSSR count). The number of nitrogens with one attached hydrogen (secondary N) is 1. The summed E-state index contributed by atoms with van der Waals surface area (Å²) in [7, 11) is 0. The molecule has 0 spiro atoms. The highest BCUT2D eigenvalue weighted by atomic mass is 32.1. The van der Waals surface area contributed by atoms with Crippen molar-refractivity contribution in [3.8, 4) is 0 Å². The summed E-state index contributed by atoms with van der Waals surface area (Å²) in [5.74, 6) is 0.0693. The molecule has 1 aromatic rings. The first-order valence-corrected chi connectivity index (χ1v) is 8.37. The highest BCUT2D eigenvalue weighted by Gasteiger charge is 2.46. The Kier molecular flexibility index (Phi) is 4.06. The van der Waals surface area contributed by atoms with Gasteiger partial charge in [0.05, 0.1) is 0 Å². The number of nitrogens with zero attached hydrogens (tertiary/aromatic N) is 1. The van der Waals surface area contributed by atoms with Gasteiger partial charge < -0.3 is 5.11 Å². The second-order valence-corrected chi connectivity index (χ2v) is 9.38. The molecule has 21 heavy (non-hydrogen) atoms. The number of aliphatic hydroxyl groups is 1. The molecular weight excluding hydrogens is 300 g/mol. The zero-order valence-corrected chi connectivity index (χ0v) is 15.2. The Hall–Kier alpha value is -0.780.